The van der Waals surface area contributed by atoms with E-state index < -0.39 is 18.5 Å². The Hall–Kier alpha value is -0.420. The van der Waals surface area contributed by atoms with Crippen molar-refractivity contribution in [2.24, 2.45) is 0 Å². The maximum Gasteiger partial charge on any atom is 0.177 e. The molecule has 2 N–H and O–H groups in total. The monoisotopic (exact) mass is 174 g/mol. The molecular formula is C8H14O4. The number of hydrogen-bond acceptors (Lipinski definition) is 4. The molecule has 4 heteroatoms. The fraction of sp³-hybridized carbons (Fsp3) is 0.750. The summed E-state index contributed by atoms with van der Waals surface area (Å²) >= 11 is 0. The Morgan fingerprint density at radius 3 is 2.00 bits per heavy atom. The van der Waals surface area contributed by atoms with Gasteiger partial charge in [-0.05, 0) is 13.0 Å². The minimum absolute atomic E-state index is 0.126. The van der Waals surface area contributed by atoms with Crippen molar-refractivity contribution < 1.29 is 19.7 Å². The van der Waals surface area contributed by atoms with E-state index >= 15 is 0 Å². The quantitative estimate of drug-likeness (QED) is 0.574. The third-order valence-corrected chi connectivity index (χ3v) is 1.74. The molecule has 0 bridgehead atoms. The van der Waals surface area contributed by atoms with Gasteiger partial charge < -0.3 is 19.7 Å². The Morgan fingerprint density at radius 2 is 1.67 bits per heavy atom. The van der Waals surface area contributed by atoms with Gasteiger partial charge in [-0.2, -0.15) is 0 Å². The molecule has 0 aromatic carbocycles. The second-order valence-corrected chi connectivity index (χ2v) is 2.61. The minimum atomic E-state index is -0.427. The molecule has 0 aromatic heterocycles. The lowest BCUT2D eigenvalue weighted by atomic mass is 10.2. The van der Waals surface area contributed by atoms with Crippen LogP contribution in [-0.2, 0) is 9.47 Å². The summed E-state index contributed by atoms with van der Waals surface area (Å²) in [5.41, 5.74) is 0. The zero-order valence-electron chi connectivity index (χ0n) is 7.01. The van der Waals surface area contributed by atoms with E-state index in [0.717, 1.165) is 0 Å². The van der Waals surface area contributed by atoms with Crippen molar-refractivity contribution in [3.8, 4) is 0 Å². The van der Waals surface area contributed by atoms with Crippen LogP contribution in [0.2, 0.25) is 0 Å². The first kappa shape index (κ1) is 9.67. The smallest absolute Gasteiger partial charge is 0.177 e. The zero-order chi connectivity index (χ0) is 8.97. The lowest BCUT2D eigenvalue weighted by Gasteiger charge is -2.09. The van der Waals surface area contributed by atoms with Crippen LogP contribution in [0.3, 0.4) is 0 Å². The number of aliphatic hydroxyl groups excluding tert-OH is 2. The highest BCUT2D eigenvalue weighted by molar-refractivity contribution is 4.88. The Labute approximate surface area is 71.4 Å². The van der Waals surface area contributed by atoms with E-state index in [1.807, 2.05) is 6.92 Å². The maximum absolute atomic E-state index is 8.81. The average Bonchev–Trinajstić information content (AvgIpc) is 2.48. The molecule has 2 unspecified atom stereocenters. The molecule has 1 fully saturated rings. The number of ether oxygens (including phenoxy) is 2. The fourth-order valence-electron chi connectivity index (χ4n) is 1.12. The van der Waals surface area contributed by atoms with E-state index in [9.17, 15) is 0 Å². The molecule has 12 heavy (non-hydrogen) atoms. The molecule has 4 nitrogen and oxygen atoms in total. The predicted octanol–water partition coefficient (Wildman–Crippen LogP) is -0.343. The van der Waals surface area contributed by atoms with Crippen LogP contribution in [0.25, 0.3) is 0 Å². The molecule has 0 radical (unpaired) electrons. The number of allylic oxidation sites excluding steroid dienone is 1. The summed E-state index contributed by atoms with van der Waals surface area (Å²) in [6.45, 7) is 1.60. The number of rotatable bonds is 3. The van der Waals surface area contributed by atoms with E-state index in [0.29, 0.717) is 0 Å². The summed E-state index contributed by atoms with van der Waals surface area (Å²) in [7, 11) is 0. The Kier molecular flexibility index (Phi) is 3.68. The zero-order valence-corrected chi connectivity index (χ0v) is 7.01. The first-order valence-electron chi connectivity index (χ1n) is 3.97. The van der Waals surface area contributed by atoms with E-state index in [-0.39, 0.29) is 13.2 Å². The van der Waals surface area contributed by atoms with Crippen LogP contribution in [0.1, 0.15) is 6.92 Å². The SMILES string of the molecule is C/C=C/C1OC(CO)[C@H](CO)O1. The van der Waals surface area contributed by atoms with Gasteiger partial charge in [0.05, 0.1) is 13.2 Å². The summed E-state index contributed by atoms with van der Waals surface area (Å²) in [5.74, 6) is 0. The van der Waals surface area contributed by atoms with Crippen molar-refractivity contribution in [3.63, 3.8) is 0 Å². The summed E-state index contributed by atoms with van der Waals surface area (Å²) < 4.78 is 10.5. The molecule has 70 valence electrons. The van der Waals surface area contributed by atoms with Gasteiger partial charge in [0.1, 0.15) is 12.2 Å². The maximum atomic E-state index is 8.81. The second-order valence-electron chi connectivity index (χ2n) is 2.61. The lowest BCUT2D eigenvalue weighted by molar-refractivity contribution is -0.0386. The fourth-order valence-corrected chi connectivity index (χ4v) is 1.12. The topological polar surface area (TPSA) is 58.9 Å². The van der Waals surface area contributed by atoms with Crippen molar-refractivity contribution in [3.05, 3.63) is 12.2 Å². The predicted molar refractivity (Wildman–Crippen MR) is 42.5 cm³/mol. The van der Waals surface area contributed by atoms with Crippen molar-refractivity contribution in [2.45, 2.75) is 25.4 Å². The average molecular weight is 174 g/mol. The summed E-state index contributed by atoms with van der Waals surface area (Å²) in [6, 6.07) is 0. The van der Waals surface area contributed by atoms with Crippen LogP contribution >= 0.6 is 0 Å². The number of hydrogen-bond donors (Lipinski definition) is 2. The van der Waals surface area contributed by atoms with E-state index in [1.165, 1.54) is 0 Å². The van der Waals surface area contributed by atoms with Gasteiger partial charge in [0.2, 0.25) is 0 Å². The molecule has 1 rings (SSSR count). The van der Waals surface area contributed by atoms with Gasteiger partial charge in [-0.25, -0.2) is 0 Å². The largest absolute Gasteiger partial charge is 0.394 e. The van der Waals surface area contributed by atoms with Gasteiger partial charge >= 0.3 is 0 Å². The standard InChI is InChI=1S/C8H14O4/c1-2-3-8-11-6(4-9)7(5-10)12-8/h2-3,6-10H,4-5H2,1H3/b3-2+/t6-,7?,8?/m0/s1. The summed E-state index contributed by atoms with van der Waals surface area (Å²) in [6.07, 6.45) is 2.30. The van der Waals surface area contributed by atoms with Gasteiger partial charge in [-0.1, -0.05) is 6.08 Å². The Balaban J connectivity index is 2.47. The first-order chi connectivity index (χ1) is 5.81. The van der Waals surface area contributed by atoms with E-state index in [2.05, 4.69) is 0 Å². The Bertz CT molecular complexity index is 145. The van der Waals surface area contributed by atoms with E-state index in [1.54, 1.807) is 12.2 Å². The second kappa shape index (κ2) is 4.57. The molecule has 1 aliphatic heterocycles. The van der Waals surface area contributed by atoms with Crippen molar-refractivity contribution in [1.29, 1.82) is 0 Å². The van der Waals surface area contributed by atoms with Crippen LogP contribution in [-0.4, -0.2) is 41.9 Å². The van der Waals surface area contributed by atoms with Gasteiger partial charge in [-0.3, -0.25) is 0 Å². The molecule has 0 saturated carbocycles. The van der Waals surface area contributed by atoms with Gasteiger partial charge in [0.15, 0.2) is 6.29 Å². The van der Waals surface area contributed by atoms with Crippen LogP contribution in [0.15, 0.2) is 12.2 Å². The highest BCUT2D eigenvalue weighted by Gasteiger charge is 2.33. The molecule has 1 saturated heterocycles. The third-order valence-electron chi connectivity index (χ3n) is 1.74. The highest BCUT2D eigenvalue weighted by Crippen LogP contribution is 2.19. The first-order valence-corrected chi connectivity index (χ1v) is 3.97. The van der Waals surface area contributed by atoms with Crippen LogP contribution < -0.4 is 0 Å². The highest BCUT2D eigenvalue weighted by atomic mass is 16.7. The molecule has 0 spiro atoms. The van der Waals surface area contributed by atoms with Crippen molar-refractivity contribution in [2.75, 3.05) is 13.2 Å². The third kappa shape index (κ3) is 2.04. The van der Waals surface area contributed by atoms with Gasteiger partial charge in [0, 0.05) is 0 Å². The van der Waals surface area contributed by atoms with Gasteiger partial charge in [0.25, 0.3) is 0 Å². The number of aliphatic hydroxyl groups is 2. The minimum Gasteiger partial charge on any atom is -0.394 e. The molecule has 3 atom stereocenters. The summed E-state index contributed by atoms with van der Waals surface area (Å²) in [4.78, 5) is 0. The van der Waals surface area contributed by atoms with Crippen LogP contribution in [0.5, 0.6) is 0 Å². The van der Waals surface area contributed by atoms with E-state index in [4.69, 9.17) is 19.7 Å². The molecule has 1 aliphatic rings. The molecule has 0 amide bonds. The molecule has 0 aliphatic carbocycles. The molecule has 0 aromatic rings. The van der Waals surface area contributed by atoms with Crippen molar-refractivity contribution >= 4 is 0 Å². The van der Waals surface area contributed by atoms with Gasteiger partial charge in [-0.15, -0.1) is 0 Å². The van der Waals surface area contributed by atoms with Crippen LogP contribution in [0, 0.1) is 0 Å². The molecule has 1 heterocycles. The van der Waals surface area contributed by atoms with Crippen molar-refractivity contribution in [1.82, 2.24) is 0 Å². The summed E-state index contributed by atoms with van der Waals surface area (Å²) in [5, 5.41) is 17.6. The lowest BCUT2D eigenvalue weighted by Crippen LogP contribution is -2.29. The normalized spacial score (nSPS) is 36.4. The molecular weight excluding hydrogens is 160 g/mol. The Morgan fingerprint density at radius 1 is 1.17 bits per heavy atom. The van der Waals surface area contributed by atoms with Crippen LogP contribution in [0.4, 0.5) is 0 Å².